The molecular weight excluding hydrogens is 178 g/mol. The van der Waals surface area contributed by atoms with Crippen molar-refractivity contribution < 1.29 is 0 Å². The molecule has 1 N–H and O–H groups in total. The summed E-state index contributed by atoms with van der Waals surface area (Å²) < 4.78 is 0. The van der Waals surface area contributed by atoms with Gasteiger partial charge in [-0.1, -0.05) is 27.2 Å². The van der Waals surface area contributed by atoms with Gasteiger partial charge in [-0.3, -0.25) is 0 Å². The van der Waals surface area contributed by atoms with Crippen LogP contribution >= 0.6 is 11.8 Å². The van der Waals surface area contributed by atoms with E-state index in [1.165, 1.54) is 43.9 Å². The smallest absolute Gasteiger partial charge is 0.00581 e. The molecule has 0 radical (unpaired) electrons. The van der Waals surface area contributed by atoms with E-state index < -0.39 is 0 Å². The maximum Gasteiger partial charge on any atom is 0.00581 e. The Balaban J connectivity index is 2.84. The van der Waals surface area contributed by atoms with Crippen molar-refractivity contribution in [2.75, 3.05) is 24.6 Å². The van der Waals surface area contributed by atoms with E-state index in [1.54, 1.807) is 0 Å². The van der Waals surface area contributed by atoms with Crippen LogP contribution in [0.25, 0.3) is 0 Å². The van der Waals surface area contributed by atoms with Gasteiger partial charge in [-0.15, -0.1) is 0 Å². The summed E-state index contributed by atoms with van der Waals surface area (Å²) in [7, 11) is 0. The number of unbranched alkanes of at least 4 members (excludes halogenated alkanes) is 1. The lowest BCUT2D eigenvalue weighted by Gasteiger charge is -2.05. The molecule has 0 atom stereocenters. The zero-order chi connectivity index (χ0) is 9.94. The lowest BCUT2D eigenvalue weighted by molar-refractivity contribution is 0.631. The average Bonchev–Trinajstić information content (AvgIpc) is 2.09. The van der Waals surface area contributed by atoms with Crippen LogP contribution in [0.15, 0.2) is 0 Å². The highest BCUT2D eigenvalue weighted by molar-refractivity contribution is 7.99. The molecular formula is C11H25NS. The van der Waals surface area contributed by atoms with E-state index in [1.807, 2.05) is 0 Å². The molecule has 13 heavy (non-hydrogen) atoms. The van der Waals surface area contributed by atoms with Gasteiger partial charge in [-0.05, 0) is 31.1 Å². The Morgan fingerprint density at radius 2 is 1.92 bits per heavy atom. The van der Waals surface area contributed by atoms with E-state index >= 15 is 0 Å². The molecule has 0 bridgehead atoms. The van der Waals surface area contributed by atoms with Crippen LogP contribution in [0.5, 0.6) is 0 Å². The van der Waals surface area contributed by atoms with Gasteiger partial charge in [0.2, 0.25) is 0 Å². The lowest BCUT2D eigenvalue weighted by Crippen LogP contribution is -2.18. The van der Waals surface area contributed by atoms with Crippen LogP contribution in [0.1, 0.15) is 40.0 Å². The SMILES string of the molecule is CCCCNCCSCCC(C)C. The molecule has 0 aromatic carbocycles. The predicted molar refractivity (Wildman–Crippen MR) is 64.6 cm³/mol. The zero-order valence-electron chi connectivity index (χ0n) is 9.44. The predicted octanol–water partition coefficient (Wildman–Crippen LogP) is 3.16. The maximum atomic E-state index is 3.45. The molecule has 0 heterocycles. The minimum absolute atomic E-state index is 0.862. The second-order valence-corrected chi connectivity index (χ2v) is 5.12. The van der Waals surface area contributed by atoms with Crippen molar-refractivity contribution in [3.05, 3.63) is 0 Å². The summed E-state index contributed by atoms with van der Waals surface area (Å²) in [5, 5.41) is 3.45. The Kier molecular flexibility index (Phi) is 10.6. The molecule has 0 unspecified atom stereocenters. The van der Waals surface area contributed by atoms with Crippen LogP contribution in [0.3, 0.4) is 0 Å². The number of hydrogen-bond donors (Lipinski definition) is 1. The summed E-state index contributed by atoms with van der Waals surface area (Å²) in [5.74, 6) is 3.46. The standard InChI is InChI=1S/C11H25NS/c1-4-5-7-12-8-10-13-9-6-11(2)3/h11-12H,4-10H2,1-3H3. The fraction of sp³-hybridized carbons (Fsp3) is 1.00. The summed E-state index contributed by atoms with van der Waals surface area (Å²) in [5.41, 5.74) is 0. The quantitative estimate of drug-likeness (QED) is 0.578. The Hall–Kier alpha value is 0.310. The fourth-order valence-corrected chi connectivity index (χ4v) is 2.12. The van der Waals surface area contributed by atoms with E-state index in [9.17, 15) is 0 Å². The monoisotopic (exact) mass is 203 g/mol. The van der Waals surface area contributed by atoms with Crippen LogP contribution in [0, 0.1) is 5.92 Å². The maximum absolute atomic E-state index is 3.45. The van der Waals surface area contributed by atoms with Crippen LogP contribution in [-0.2, 0) is 0 Å². The van der Waals surface area contributed by atoms with Crippen molar-refractivity contribution >= 4 is 11.8 Å². The molecule has 0 spiro atoms. The summed E-state index contributed by atoms with van der Waals surface area (Å²) >= 11 is 2.08. The van der Waals surface area contributed by atoms with Crippen LogP contribution in [0.2, 0.25) is 0 Å². The molecule has 0 aliphatic heterocycles. The van der Waals surface area contributed by atoms with E-state index in [0.717, 1.165) is 5.92 Å². The average molecular weight is 203 g/mol. The molecule has 2 heteroatoms. The first-order chi connectivity index (χ1) is 6.27. The van der Waals surface area contributed by atoms with Crippen molar-refractivity contribution in [3.8, 4) is 0 Å². The van der Waals surface area contributed by atoms with Crippen LogP contribution in [0.4, 0.5) is 0 Å². The summed E-state index contributed by atoms with van der Waals surface area (Å²) in [6, 6.07) is 0. The summed E-state index contributed by atoms with van der Waals surface area (Å²) in [6.07, 6.45) is 3.98. The molecule has 0 rings (SSSR count). The highest BCUT2D eigenvalue weighted by Crippen LogP contribution is 2.07. The van der Waals surface area contributed by atoms with Gasteiger partial charge < -0.3 is 5.32 Å². The van der Waals surface area contributed by atoms with E-state index in [2.05, 4.69) is 37.8 Å². The highest BCUT2D eigenvalue weighted by Gasteiger charge is 1.93. The molecule has 0 saturated carbocycles. The Labute approximate surface area is 88.1 Å². The second kappa shape index (κ2) is 10.4. The molecule has 0 aromatic rings. The largest absolute Gasteiger partial charge is 0.316 e. The Morgan fingerprint density at radius 1 is 1.15 bits per heavy atom. The fourth-order valence-electron chi connectivity index (χ4n) is 0.992. The van der Waals surface area contributed by atoms with Crippen LogP contribution < -0.4 is 5.32 Å². The third-order valence-corrected chi connectivity index (χ3v) is 2.99. The van der Waals surface area contributed by atoms with Crippen molar-refractivity contribution in [3.63, 3.8) is 0 Å². The Morgan fingerprint density at radius 3 is 2.54 bits per heavy atom. The first-order valence-corrected chi connectivity index (χ1v) is 6.71. The molecule has 0 fully saturated rings. The molecule has 0 aliphatic rings. The van der Waals surface area contributed by atoms with Crippen LogP contribution in [-0.4, -0.2) is 24.6 Å². The van der Waals surface area contributed by atoms with E-state index in [0.29, 0.717) is 0 Å². The number of rotatable bonds is 9. The second-order valence-electron chi connectivity index (χ2n) is 3.90. The number of nitrogens with one attached hydrogen (secondary N) is 1. The van der Waals surface area contributed by atoms with Crippen molar-refractivity contribution in [2.24, 2.45) is 5.92 Å². The van der Waals surface area contributed by atoms with E-state index in [4.69, 9.17) is 0 Å². The third kappa shape index (κ3) is 12.3. The van der Waals surface area contributed by atoms with Gasteiger partial charge in [0.15, 0.2) is 0 Å². The first-order valence-electron chi connectivity index (χ1n) is 5.55. The molecule has 1 nitrogen and oxygen atoms in total. The topological polar surface area (TPSA) is 12.0 Å². The first kappa shape index (κ1) is 13.3. The lowest BCUT2D eigenvalue weighted by atomic mass is 10.2. The molecule has 80 valence electrons. The minimum atomic E-state index is 0.862. The normalized spacial score (nSPS) is 11.1. The summed E-state index contributed by atoms with van der Waals surface area (Å²) in [4.78, 5) is 0. The number of hydrogen-bond acceptors (Lipinski definition) is 2. The minimum Gasteiger partial charge on any atom is -0.316 e. The highest BCUT2D eigenvalue weighted by atomic mass is 32.2. The van der Waals surface area contributed by atoms with E-state index in [-0.39, 0.29) is 0 Å². The van der Waals surface area contributed by atoms with Crippen molar-refractivity contribution in [1.29, 1.82) is 0 Å². The van der Waals surface area contributed by atoms with Gasteiger partial charge in [0.25, 0.3) is 0 Å². The Bertz CT molecular complexity index is 94.1. The van der Waals surface area contributed by atoms with Gasteiger partial charge in [-0.2, -0.15) is 11.8 Å². The van der Waals surface area contributed by atoms with Gasteiger partial charge >= 0.3 is 0 Å². The molecule has 0 amide bonds. The third-order valence-electron chi connectivity index (χ3n) is 1.97. The number of thioether (sulfide) groups is 1. The molecule has 0 saturated heterocycles. The summed E-state index contributed by atoms with van der Waals surface area (Å²) in [6.45, 7) is 9.20. The van der Waals surface area contributed by atoms with Gasteiger partial charge in [0.05, 0.1) is 0 Å². The molecule has 0 aliphatic carbocycles. The zero-order valence-corrected chi connectivity index (χ0v) is 10.3. The molecule has 0 aromatic heterocycles. The van der Waals surface area contributed by atoms with Gasteiger partial charge in [0.1, 0.15) is 0 Å². The van der Waals surface area contributed by atoms with Crippen molar-refractivity contribution in [2.45, 2.75) is 40.0 Å². The van der Waals surface area contributed by atoms with Crippen molar-refractivity contribution in [1.82, 2.24) is 5.32 Å². The van der Waals surface area contributed by atoms with Gasteiger partial charge in [0, 0.05) is 12.3 Å². The van der Waals surface area contributed by atoms with Gasteiger partial charge in [-0.25, -0.2) is 0 Å².